The summed E-state index contributed by atoms with van der Waals surface area (Å²) in [6.07, 6.45) is 0.937. The molecule has 4 heteroatoms. The summed E-state index contributed by atoms with van der Waals surface area (Å²) in [6.45, 7) is 16.2. The molecule has 0 saturated carbocycles. The summed E-state index contributed by atoms with van der Waals surface area (Å²) >= 11 is 0. The molecule has 1 rings (SSSR count). The summed E-state index contributed by atoms with van der Waals surface area (Å²) in [4.78, 5) is 11.6. The van der Waals surface area contributed by atoms with Gasteiger partial charge in [-0.2, -0.15) is 0 Å². The van der Waals surface area contributed by atoms with Crippen LogP contribution in [0, 0.1) is 6.92 Å². The average molecular weight is 316 g/mol. The monoisotopic (exact) mass is 316 g/mol. The highest BCUT2D eigenvalue weighted by Crippen LogP contribution is 2.13. The first-order valence-corrected chi connectivity index (χ1v) is 7.81. The summed E-state index contributed by atoms with van der Waals surface area (Å²) in [5.41, 5.74) is 3.48. The first kappa shape index (κ1) is 18.8. The Bertz CT molecular complexity index is 571. The second kappa shape index (κ2) is 8.42. The Kier molecular flexibility index (Phi) is 6.89. The van der Waals surface area contributed by atoms with Gasteiger partial charge in [0, 0.05) is 17.9 Å². The van der Waals surface area contributed by atoms with Crippen LogP contribution in [-0.4, -0.2) is 18.2 Å². The molecule has 0 heterocycles. The predicted molar refractivity (Wildman–Crippen MR) is 96.6 cm³/mol. The highest BCUT2D eigenvalue weighted by Gasteiger charge is 2.16. The molecule has 0 bridgehead atoms. The fraction of sp³-hybridized carbons (Fsp3) is 0.421. The number of hydrogen-bond acceptors (Lipinski definition) is 3. The summed E-state index contributed by atoms with van der Waals surface area (Å²) in [7, 11) is 0. The molecule has 0 aromatic heterocycles. The Balaban J connectivity index is 2.27. The van der Waals surface area contributed by atoms with Crippen LogP contribution in [-0.2, 0) is 4.74 Å². The lowest BCUT2D eigenvalue weighted by Crippen LogP contribution is -2.31. The van der Waals surface area contributed by atoms with Crippen molar-refractivity contribution in [1.82, 2.24) is 5.32 Å². The van der Waals surface area contributed by atoms with E-state index in [0.717, 1.165) is 17.7 Å². The van der Waals surface area contributed by atoms with Gasteiger partial charge in [-0.15, -0.1) is 0 Å². The maximum Gasteiger partial charge on any atom is 0.411 e. The number of benzene rings is 1. The third-order valence-corrected chi connectivity index (χ3v) is 3.02. The molecule has 0 radical (unpaired) electrons. The number of ether oxygens (including phenoxy) is 1. The number of allylic oxidation sites excluding steroid dienone is 1. The van der Waals surface area contributed by atoms with Crippen LogP contribution in [0.25, 0.3) is 0 Å². The third kappa shape index (κ3) is 8.71. The van der Waals surface area contributed by atoms with Gasteiger partial charge in [-0.1, -0.05) is 30.9 Å². The predicted octanol–water partition coefficient (Wildman–Crippen LogP) is 4.78. The van der Waals surface area contributed by atoms with Gasteiger partial charge in [0.15, 0.2) is 0 Å². The molecule has 0 unspecified atom stereocenters. The minimum atomic E-state index is -0.508. The number of rotatable bonds is 7. The molecule has 0 fully saturated rings. The Hall–Kier alpha value is -2.23. The van der Waals surface area contributed by atoms with Crippen molar-refractivity contribution in [3.63, 3.8) is 0 Å². The molecule has 1 aromatic carbocycles. The van der Waals surface area contributed by atoms with Gasteiger partial charge in [0.2, 0.25) is 0 Å². The maximum atomic E-state index is 11.6. The van der Waals surface area contributed by atoms with Crippen molar-refractivity contribution in [3.05, 3.63) is 54.3 Å². The number of alkyl carbamates (subject to hydrolysis) is 1. The van der Waals surface area contributed by atoms with Crippen molar-refractivity contribution in [2.75, 3.05) is 11.9 Å². The molecular formula is C19H28N2O2. The number of anilines is 1. The van der Waals surface area contributed by atoms with E-state index in [9.17, 15) is 4.79 Å². The topological polar surface area (TPSA) is 50.4 Å². The lowest BCUT2D eigenvalue weighted by Gasteiger charge is -2.20. The van der Waals surface area contributed by atoms with Crippen LogP contribution in [0.3, 0.4) is 0 Å². The SMILES string of the molecule is C=C(CCC(=C)NC(=O)OC(C)(C)C)CNc1cccc(C)c1. The van der Waals surface area contributed by atoms with Crippen LogP contribution < -0.4 is 10.6 Å². The zero-order valence-corrected chi connectivity index (χ0v) is 14.7. The second-order valence-electron chi connectivity index (χ2n) is 6.70. The molecule has 0 aliphatic carbocycles. The summed E-state index contributed by atoms with van der Waals surface area (Å²) < 4.78 is 5.19. The molecule has 2 N–H and O–H groups in total. The number of amides is 1. The fourth-order valence-electron chi connectivity index (χ4n) is 1.91. The third-order valence-electron chi connectivity index (χ3n) is 3.02. The number of hydrogen-bond donors (Lipinski definition) is 2. The lowest BCUT2D eigenvalue weighted by molar-refractivity contribution is 0.0544. The van der Waals surface area contributed by atoms with E-state index in [2.05, 4.69) is 42.8 Å². The molecule has 4 nitrogen and oxygen atoms in total. The quantitative estimate of drug-likeness (QED) is 0.712. The van der Waals surface area contributed by atoms with Crippen LogP contribution in [0.2, 0.25) is 0 Å². The molecule has 0 aliphatic heterocycles. The molecule has 0 atom stereocenters. The first-order valence-electron chi connectivity index (χ1n) is 7.81. The number of aryl methyl sites for hydroxylation is 1. The van der Waals surface area contributed by atoms with E-state index in [1.54, 1.807) is 0 Å². The molecular weight excluding hydrogens is 288 g/mol. The summed E-state index contributed by atoms with van der Waals surface area (Å²) in [6, 6.07) is 8.21. The van der Waals surface area contributed by atoms with Gasteiger partial charge in [-0.25, -0.2) is 4.79 Å². The molecule has 1 aromatic rings. The molecule has 0 saturated heterocycles. The van der Waals surface area contributed by atoms with Crippen LogP contribution in [0.4, 0.5) is 10.5 Å². The van der Waals surface area contributed by atoms with Crippen molar-refractivity contribution in [3.8, 4) is 0 Å². The molecule has 0 aliphatic rings. The van der Waals surface area contributed by atoms with Crippen molar-refractivity contribution in [1.29, 1.82) is 0 Å². The van der Waals surface area contributed by atoms with Crippen LogP contribution in [0.15, 0.2) is 48.7 Å². The molecule has 1 amide bonds. The Morgan fingerprint density at radius 3 is 2.52 bits per heavy atom. The van der Waals surface area contributed by atoms with Gasteiger partial charge in [-0.3, -0.25) is 5.32 Å². The highest BCUT2D eigenvalue weighted by atomic mass is 16.6. The smallest absolute Gasteiger partial charge is 0.411 e. The molecule has 23 heavy (non-hydrogen) atoms. The van der Waals surface area contributed by atoms with Crippen molar-refractivity contribution in [2.45, 2.75) is 46.1 Å². The van der Waals surface area contributed by atoms with E-state index in [4.69, 9.17) is 4.74 Å². The van der Waals surface area contributed by atoms with Gasteiger partial charge in [0.25, 0.3) is 0 Å². The van der Waals surface area contributed by atoms with Crippen LogP contribution >= 0.6 is 0 Å². The van der Waals surface area contributed by atoms with E-state index in [-0.39, 0.29) is 0 Å². The summed E-state index contributed by atoms with van der Waals surface area (Å²) in [5.74, 6) is 0. The second-order valence-corrected chi connectivity index (χ2v) is 6.70. The minimum absolute atomic E-state index is 0.467. The van der Waals surface area contributed by atoms with E-state index in [1.165, 1.54) is 5.56 Å². The van der Waals surface area contributed by atoms with Crippen LogP contribution in [0.5, 0.6) is 0 Å². The first-order chi connectivity index (χ1) is 10.7. The van der Waals surface area contributed by atoms with Crippen molar-refractivity contribution >= 4 is 11.8 Å². The van der Waals surface area contributed by atoms with Gasteiger partial charge in [-0.05, 0) is 58.2 Å². The van der Waals surface area contributed by atoms with Crippen LogP contribution in [0.1, 0.15) is 39.2 Å². The Morgan fingerprint density at radius 2 is 1.91 bits per heavy atom. The van der Waals surface area contributed by atoms with E-state index in [1.807, 2.05) is 32.9 Å². The molecule has 0 spiro atoms. The largest absolute Gasteiger partial charge is 0.444 e. The van der Waals surface area contributed by atoms with Crippen molar-refractivity contribution < 1.29 is 9.53 Å². The Labute approximate surface area is 139 Å². The van der Waals surface area contributed by atoms with Gasteiger partial charge in [0.05, 0.1) is 0 Å². The maximum absolute atomic E-state index is 11.6. The van der Waals surface area contributed by atoms with E-state index in [0.29, 0.717) is 18.7 Å². The minimum Gasteiger partial charge on any atom is -0.444 e. The van der Waals surface area contributed by atoms with Gasteiger partial charge < -0.3 is 10.1 Å². The highest BCUT2D eigenvalue weighted by molar-refractivity contribution is 5.69. The standard InChI is InChI=1S/C19H28N2O2/c1-14-8-7-9-17(12-14)20-13-15(2)10-11-16(3)21-18(22)23-19(4,5)6/h7-9,12,20H,2-3,10-11,13H2,1,4-6H3,(H,21,22). The zero-order valence-electron chi connectivity index (χ0n) is 14.7. The normalized spacial score (nSPS) is 10.8. The number of carbonyl (C=O) groups is 1. The van der Waals surface area contributed by atoms with E-state index >= 15 is 0 Å². The van der Waals surface area contributed by atoms with E-state index < -0.39 is 11.7 Å². The number of nitrogens with one attached hydrogen (secondary N) is 2. The lowest BCUT2D eigenvalue weighted by atomic mass is 10.1. The van der Waals surface area contributed by atoms with Gasteiger partial charge in [0.1, 0.15) is 5.60 Å². The average Bonchev–Trinajstić information content (AvgIpc) is 2.40. The van der Waals surface area contributed by atoms with Gasteiger partial charge >= 0.3 is 6.09 Å². The summed E-state index contributed by atoms with van der Waals surface area (Å²) in [5, 5.41) is 6.00. The fourth-order valence-corrected chi connectivity index (χ4v) is 1.91. The zero-order chi connectivity index (χ0) is 17.5. The molecule has 126 valence electrons. The Morgan fingerprint density at radius 1 is 1.22 bits per heavy atom. The van der Waals surface area contributed by atoms with Crippen molar-refractivity contribution in [2.24, 2.45) is 0 Å². The number of carbonyl (C=O) groups excluding carboxylic acids is 1.